The number of ether oxygens (including phenoxy) is 1. The van der Waals surface area contributed by atoms with E-state index in [4.69, 9.17) is 4.74 Å². The number of rotatable bonds is 8. The highest BCUT2D eigenvalue weighted by atomic mass is 16.5. The zero-order valence-electron chi connectivity index (χ0n) is 18.8. The molecular weight excluding hydrogens is 408 g/mol. The van der Waals surface area contributed by atoms with Crippen molar-refractivity contribution < 1.29 is 24.2 Å². The number of hydrogen-bond donors (Lipinski definition) is 3. The van der Waals surface area contributed by atoms with E-state index in [0.717, 1.165) is 22.3 Å². The van der Waals surface area contributed by atoms with Gasteiger partial charge in [0.1, 0.15) is 18.2 Å². The average Bonchev–Trinajstić information content (AvgIpc) is 3.09. The minimum atomic E-state index is -1.30. The Balaban J connectivity index is 1.68. The van der Waals surface area contributed by atoms with E-state index in [0.29, 0.717) is 0 Å². The Bertz CT molecular complexity index is 973. The van der Waals surface area contributed by atoms with Gasteiger partial charge in [0.15, 0.2) is 0 Å². The minimum Gasteiger partial charge on any atom is -0.480 e. The Morgan fingerprint density at radius 3 is 2.03 bits per heavy atom. The van der Waals surface area contributed by atoms with E-state index in [-0.39, 0.29) is 24.9 Å². The summed E-state index contributed by atoms with van der Waals surface area (Å²) < 4.78 is 5.54. The Kier molecular flexibility index (Phi) is 6.87. The van der Waals surface area contributed by atoms with Gasteiger partial charge in [-0.1, -0.05) is 69.3 Å². The number of fused-ring (bicyclic) bond motifs is 3. The van der Waals surface area contributed by atoms with Crippen LogP contribution in [0.25, 0.3) is 11.1 Å². The summed E-state index contributed by atoms with van der Waals surface area (Å²) in [4.78, 5) is 36.9. The molecule has 0 spiro atoms. The fraction of sp³-hybridized carbons (Fsp3) is 0.400. The molecule has 7 nitrogen and oxygen atoms in total. The zero-order valence-corrected chi connectivity index (χ0v) is 18.8. The molecule has 7 heteroatoms. The molecule has 3 rings (SSSR count). The molecule has 0 saturated heterocycles. The summed E-state index contributed by atoms with van der Waals surface area (Å²) in [7, 11) is 0. The Hall–Kier alpha value is -3.35. The molecule has 2 amide bonds. The number of carbonyl (C=O) groups excluding carboxylic acids is 2. The summed E-state index contributed by atoms with van der Waals surface area (Å²) in [5, 5.41) is 14.5. The van der Waals surface area contributed by atoms with Gasteiger partial charge in [-0.2, -0.15) is 0 Å². The van der Waals surface area contributed by atoms with Crippen molar-refractivity contribution in [3.8, 4) is 11.1 Å². The summed E-state index contributed by atoms with van der Waals surface area (Å²) in [6.45, 7) is 6.85. The molecule has 2 aromatic rings. The van der Waals surface area contributed by atoms with Gasteiger partial charge in [-0.3, -0.25) is 4.79 Å². The summed E-state index contributed by atoms with van der Waals surface area (Å²) in [5.74, 6) is -2.07. The van der Waals surface area contributed by atoms with Crippen LogP contribution in [0.5, 0.6) is 0 Å². The average molecular weight is 439 g/mol. The second-order valence-corrected chi connectivity index (χ2v) is 8.67. The van der Waals surface area contributed by atoms with E-state index in [1.807, 2.05) is 36.4 Å². The van der Waals surface area contributed by atoms with Crippen molar-refractivity contribution in [2.45, 2.75) is 51.6 Å². The normalized spacial score (nSPS) is 15.3. The van der Waals surface area contributed by atoms with Gasteiger partial charge in [-0.15, -0.1) is 0 Å². The highest BCUT2D eigenvalue weighted by Crippen LogP contribution is 2.44. The third-order valence-corrected chi connectivity index (χ3v) is 6.15. The van der Waals surface area contributed by atoms with Crippen molar-refractivity contribution in [3.05, 3.63) is 59.7 Å². The van der Waals surface area contributed by atoms with Crippen molar-refractivity contribution in [1.82, 2.24) is 10.6 Å². The van der Waals surface area contributed by atoms with Crippen LogP contribution in [0.3, 0.4) is 0 Å². The fourth-order valence-electron chi connectivity index (χ4n) is 3.98. The number of carboxylic acids is 1. The number of carbonyl (C=O) groups is 3. The topological polar surface area (TPSA) is 105 Å². The maximum absolute atomic E-state index is 12.8. The van der Waals surface area contributed by atoms with Crippen LogP contribution in [0, 0.1) is 5.92 Å². The number of amides is 2. The lowest BCUT2D eigenvalue weighted by atomic mass is 9.95. The second-order valence-electron chi connectivity index (χ2n) is 8.67. The first-order valence-corrected chi connectivity index (χ1v) is 10.8. The van der Waals surface area contributed by atoms with E-state index in [9.17, 15) is 19.5 Å². The quantitative estimate of drug-likeness (QED) is 0.579. The number of alkyl carbamates (subject to hydrolysis) is 1. The van der Waals surface area contributed by atoms with Crippen molar-refractivity contribution >= 4 is 18.0 Å². The maximum atomic E-state index is 12.8. The summed E-state index contributed by atoms with van der Waals surface area (Å²) in [6, 6.07) is 15.0. The van der Waals surface area contributed by atoms with Crippen LogP contribution in [0.15, 0.2) is 48.5 Å². The Labute approximate surface area is 188 Å². The SMILES string of the molecule is CCC(C)(NC(=O)OCC1c2ccccc2-c2ccccc21)C(=O)N[C@H](C(=O)O)C(C)C. The van der Waals surface area contributed by atoms with Crippen LogP contribution in [-0.4, -0.2) is 41.3 Å². The van der Waals surface area contributed by atoms with E-state index in [1.165, 1.54) is 0 Å². The van der Waals surface area contributed by atoms with Gasteiger partial charge in [-0.25, -0.2) is 9.59 Å². The van der Waals surface area contributed by atoms with Gasteiger partial charge >= 0.3 is 12.1 Å². The molecule has 0 heterocycles. The van der Waals surface area contributed by atoms with E-state index >= 15 is 0 Å². The van der Waals surface area contributed by atoms with Crippen molar-refractivity contribution in [3.63, 3.8) is 0 Å². The number of carboxylic acid groups (broad SMARTS) is 1. The Morgan fingerprint density at radius 1 is 1.03 bits per heavy atom. The van der Waals surface area contributed by atoms with Gasteiger partial charge in [0.2, 0.25) is 5.91 Å². The lowest BCUT2D eigenvalue weighted by molar-refractivity contribution is -0.144. The standard InChI is InChI=1S/C25H30N2O5/c1-5-25(4,23(30)26-21(15(2)3)22(28)29)27-24(31)32-14-20-18-12-8-6-10-16(18)17-11-7-9-13-19(17)20/h6-13,15,20-21H,5,14H2,1-4H3,(H,26,30)(H,27,31)(H,28,29)/t21-,25?/m0/s1. The molecule has 3 N–H and O–H groups in total. The molecular formula is C25H30N2O5. The van der Waals surface area contributed by atoms with Crippen LogP contribution in [-0.2, 0) is 14.3 Å². The fourth-order valence-corrected chi connectivity index (χ4v) is 3.98. The molecule has 32 heavy (non-hydrogen) atoms. The van der Waals surface area contributed by atoms with E-state index < -0.39 is 29.6 Å². The molecule has 0 aliphatic heterocycles. The third kappa shape index (κ3) is 4.61. The van der Waals surface area contributed by atoms with E-state index in [1.54, 1.807) is 27.7 Å². The number of benzene rings is 2. The molecule has 2 aromatic carbocycles. The minimum absolute atomic E-state index is 0.0906. The number of hydrogen-bond acceptors (Lipinski definition) is 4. The third-order valence-electron chi connectivity index (χ3n) is 6.15. The number of aliphatic carboxylic acids is 1. The first kappa shape index (κ1) is 23.3. The highest BCUT2D eigenvalue weighted by Gasteiger charge is 2.37. The van der Waals surface area contributed by atoms with Crippen molar-refractivity contribution in [2.24, 2.45) is 5.92 Å². The molecule has 1 aliphatic rings. The predicted octanol–water partition coefficient (Wildman–Crippen LogP) is 3.92. The Morgan fingerprint density at radius 2 is 1.56 bits per heavy atom. The van der Waals surface area contributed by atoms with Gasteiger partial charge in [-0.05, 0) is 41.5 Å². The highest BCUT2D eigenvalue weighted by molar-refractivity contribution is 5.92. The lowest BCUT2D eigenvalue weighted by Gasteiger charge is -2.30. The van der Waals surface area contributed by atoms with Crippen molar-refractivity contribution in [2.75, 3.05) is 6.61 Å². The molecule has 1 aliphatic carbocycles. The predicted molar refractivity (Wildman–Crippen MR) is 121 cm³/mol. The first-order valence-electron chi connectivity index (χ1n) is 10.8. The van der Waals surface area contributed by atoms with Crippen LogP contribution in [0.2, 0.25) is 0 Å². The molecule has 0 radical (unpaired) electrons. The zero-order chi connectivity index (χ0) is 23.5. The first-order chi connectivity index (χ1) is 15.2. The summed E-state index contributed by atoms with van der Waals surface area (Å²) >= 11 is 0. The van der Waals surface area contributed by atoms with E-state index in [2.05, 4.69) is 22.8 Å². The molecule has 2 atom stereocenters. The monoisotopic (exact) mass is 438 g/mol. The van der Waals surface area contributed by atoms with Gasteiger partial charge in [0, 0.05) is 5.92 Å². The largest absolute Gasteiger partial charge is 0.480 e. The molecule has 170 valence electrons. The molecule has 0 aromatic heterocycles. The van der Waals surface area contributed by atoms with Crippen LogP contribution < -0.4 is 10.6 Å². The molecule has 1 unspecified atom stereocenters. The molecule has 0 saturated carbocycles. The second kappa shape index (κ2) is 9.42. The maximum Gasteiger partial charge on any atom is 0.408 e. The smallest absolute Gasteiger partial charge is 0.408 e. The summed E-state index contributed by atoms with van der Waals surface area (Å²) in [5.41, 5.74) is 3.15. The van der Waals surface area contributed by atoms with Crippen molar-refractivity contribution in [1.29, 1.82) is 0 Å². The van der Waals surface area contributed by atoms with Crippen LogP contribution in [0.1, 0.15) is 51.2 Å². The van der Waals surface area contributed by atoms with Crippen LogP contribution in [0.4, 0.5) is 4.79 Å². The van der Waals surface area contributed by atoms with Gasteiger partial charge in [0.05, 0.1) is 0 Å². The summed E-state index contributed by atoms with van der Waals surface area (Å²) in [6.07, 6.45) is -0.448. The molecule has 0 fully saturated rings. The van der Waals surface area contributed by atoms with Crippen LogP contribution >= 0.6 is 0 Å². The van der Waals surface area contributed by atoms with Gasteiger partial charge in [0.25, 0.3) is 0 Å². The molecule has 0 bridgehead atoms. The lowest BCUT2D eigenvalue weighted by Crippen LogP contribution is -2.60. The van der Waals surface area contributed by atoms with Gasteiger partial charge < -0.3 is 20.5 Å². The number of nitrogens with one attached hydrogen (secondary N) is 2.